The van der Waals surface area contributed by atoms with Crippen molar-refractivity contribution in [2.24, 2.45) is 0 Å². The Morgan fingerprint density at radius 2 is 1.96 bits per heavy atom. The van der Waals surface area contributed by atoms with Crippen molar-refractivity contribution in [3.63, 3.8) is 0 Å². The first kappa shape index (κ1) is 16.8. The van der Waals surface area contributed by atoms with Crippen molar-refractivity contribution in [2.45, 2.75) is 44.6 Å². The number of benzene rings is 2. The normalized spacial score (nSPS) is 18.0. The van der Waals surface area contributed by atoms with Gasteiger partial charge in [0.2, 0.25) is 11.8 Å². The van der Waals surface area contributed by atoms with Gasteiger partial charge in [-0.1, -0.05) is 42.5 Å². The van der Waals surface area contributed by atoms with Crippen LogP contribution in [0, 0.1) is 0 Å². The molecular weight excluding hydrogens is 324 g/mol. The molecule has 1 fully saturated rings. The van der Waals surface area contributed by atoms with Crippen LogP contribution in [0.25, 0.3) is 11.1 Å². The first-order valence-corrected chi connectivity index (χ1v) is 9.45. The molecule has 4 rings (SSSR count). The molecule has 0 saturated carbocycles. The van der Waals surface area contributed by atoms with E-state index in [0.717, 1.165) is 25.7 Å². The van der Waals surface area contributed by atoms with Crippen LogP contribution in [0.2, 0.25) is 0 Å². The zero-order chi connectivity index (χ0) is 17.9. The number of carbonyl (C=O) groups is 2. The van der Waals surface area contributed by atoms with E-state index in [1.807, 2.05) is 0 Å². The zero-order valence-electron chi connectivity index (χ0n) is 14.9. The maximum atomic E-state index is 12.1. The molecule has 1 saturated heterocycles. The summed E-state index contributed by atoms with van der Waals surface area (Å²) in [4.78, 5) is 23.3. The monoisotopic (exact) mass is 348 g/mol. The van der Waals surface area contributed by atoms with Crippen LogP contribution in [0.3, 0.4) is 0 Å². The average molecular weight is 348 g/mol. The molecule has 1 aliphatic carbocycles. The van der Waals surface area contributed by atoms with E-state index in [1.54, 1.807) is 0 Å². The smallest absolute Gasteiger partial charge is 0.220 e. The standard InChI is InChI=1S/C22H24N2O2/c25-21-11-10-18(14-23-21)24-22(26)7-3-4-15-8-9-17-13-16-5-1-2-6-19(16)20(17)12-15/h1-2,5-6,8-9,12,18H,3-4,7,10-11,13-14H2,(H,23,25)(H,24,26). The molecule has 0 aromatic heterocycles. The Morgan fingerprint density at radius 1 is 1.12 bits per heavy atom. The molecule has 0 bridgehead atoms. The van der Waals surface area contributed by atoms with E-state index in [-0.39, 0.29) is 17.9 Å². The molecule has 2 aromatic carbocycles. The number of amides is 2. The van der Waals surface area contributed by atoms with Crippen molar-refractivity contribution in [3.8, 4) is 11.1 Å². The highest BCUT2D eigenvalue weighted by Crippen LogP contribution is 2.36. The van der Waals surface area contributed by atoms with Crippen LogP contribution in [0.1, 0.15) is 42.4 Å². The van der Waals surface area contributed by atoms with E-state index in [0.29, 0.717) is 19.4 Å². The molecule has 0 spiro atoms. The van der Waals surface area contributed by atoms with Crippen molar-refractivity contribution in [1.29, 1.82) is 0 Å². The fraction of sp³-hybridized carbons (Fsp3) is 0.364. The Hall–Kier alpha value is -2.62. The van der Waals surface area contributed by atoms with Crippen molar-refractivity contribution in [3.05, 3.63) is 59.2 Å². The highest BCUT2D eigenvalue weighted by molar-refractivity contribution is 5.79. The first-order valence-electron chi connectivity index (χ1n) is 9.45. The van der Waals surface area contributed by atoms with Crippen LogP contribution in [-0.4, -0.2) is 24.4 Å². The minimum absolute atomic E-state index is 0.0775. The fourth-order valence-corrected chi connectivity index (χ4v) is 3.94. The van der Waals surface area contributed by atoms with Crippen LogP contribution in [-0.2, 0) is 22.4 Å². The Kier molecular flexibility index (Phi) is 4.74. The van der Waals surface area contributed by atoms with Crippen LogP contribution in [0.5, 0.6) is 0 Å². The van der Waals surface area contributed by atoms with Crippen molar-refractivity contribution < 1.29 is 9.59 Å². The number of nitrogens with one attached hydrogen (secondary N) is 2. The number of carbonyl (C=O) groups excluding carboxylic acids is 2. The van der Waals surface area contributed by atoms with E-state index < -0.39 is 0 Å². The summed E-state index contributed by atoms with van der Waals surface area (Å²) in [5.41, 5.74) is 6.78. The summed E-state index contributed by atoms with van der Waals surface area (Å²) >= 11 is 0. The van der Waals surface area contributed by atoms with Crippen LogP contribution < -0.4 is 10.6 Å². The maximum Gasteiger partial charge on any atom is 0.220 e. The lowest BCUT2D eigenvalue weighted by Gasteiger charge is -2.23. The van der Waals surface area contributed by atoms with Gasteiger partial charge >= 0.3 is 0 Å². The lowest BCUT2D eigenvalue weighted by molar-refractivity contribution is -0.125. The third kappa shape index (κ3) is 3.64. The molecule has 134 valence electrons. The van der Waals surface area contributed by atoms with Crippen LogP contribution >= 0.6 is 0 Å². The third-order valence-corrected chi connectivity index (χ3v) is 5.36. The largest absolute Gasteiger partial charge is 0.354 e. The molecule has 26 heavy (non-hydrogen) atoms. The molecule has 2 amide bonds. The summed E-state index contributed by atoms with van der Waals surface area (Å²) in [6.45, 7) is 0.550. The molecular formula is C22H24N2O2. The summed E-state index contributed by atoms with van der Waals surface area (Å²) in [7, 11) is 0. The van der Waals surface area contributed by atoms with Gasteiger partial charge in [-0.05, 0) is 53.5 Å². The summed E-state index contributed by atoms with van der Waals surface area (Å²) in [6, 6.07) is 15.4. The van der Waals surface area contributed by atoms with E-state index in [4.69, 9.17) is 0 Å². The predicted molar refractivity (Wildman–Crippen MR) is 102 cm³/mol. The molecule has 2 N–H and O–H groups in total. The van der Waals surface area contributed by atoms with Crippen molar-refractivity contribution >= 4 is 11.8 Å². The minimum atomic E-state index is 0.0775. The molecule has 1 heterocycles. The Morgan fingerprint density at radius 3 is 2.81 bits per heavy atom. The molecule has 1 unspecified atom stereocenters. The second-order valence-electron chi connectivity index (χ2n) is 7.29. The van der Waals surface area contributed by atoms with Gasteiger partial charge in [0, 0.05) is 25.4 Å². The van der Waals surface area contributed by atoms with E-state index in [9.17, 15) is 9.59 Å². The number of fused-ring (bicyclic) bond motifs is 3. The average Bonchev–Trinajstić information content (AvgIpc) is 3.02. The lowest BCUT2D eigenvalue weighted by Crippen LogP contribution is -2.47. The van der Waals surface area contributed by atoms with Gasteiger partial charge in [0.05, 0.1) is 0 Å². The van der Waals surface area contributed by atoms with E-state index in [2.05, 4.69) is 53.1 Å². The highest BCUT2D eigenvalue weighted by Gasteiger charge is 2.20. The number of piperidine rings is 1. The topological polar surface area (TPSA) is 58.2 Å². The van der Waals surface area contributed by atoms with Gasteiger partial charge in [0.1, 0.15) is 0 Å². The van der Waals surface area contributed by atoms with Gasteiger partial charge in [-0.2, -0.15) is 0 Å². The highest BCUT2D eigenvalue weighted by atomic mass is 16.2. The van der Waals surface area contributed by atoms with Crippen molar-refractivity contribution in [1.82, 2.24) is 10.6 Å². The van der Waals surface area contributed by atoms with E-state index in [1.165, 1.54) is 27.8 Å². The molecule has 4 nitrogen and oxygen atoms in total. The van der Waals surface area contributed by atoms with Gasteiger partial charge in [0.25, 0.3) is 0 Å². The summed E-state index contributed by atoms with van der Waals surface area (Å²) in [5.74, 6) is 0.159. The third-order valence-electron chi connectivity index (χ3n) is 5.36. The number of hydrogen-bond donors (Lipinski definition) is 2. The Balaban J connectivity index is 1.29. The van der Waals surface area contributed by atoms with Gasteiger partial charge < -0.3 is 10.6 Å². The quantitative estimate of drug-likeness (QED) is 0.745. The maximum absolute atomic E-state index is 12.1. The number of rotatable bonds is 5. The van der Waals surface area contributed by atoms with Crippen LogP contribution in [0.4, 0.5) is 0 Å². The predicted octanol–water partition coefficient (Wildman–Crippen LogP) is 2.98. The minimum Gasteiger partial charge on any atom is -0.354 e. The van der Waals surface area contributed by atoms with Gasteiger partial charge in [-0.25, -0.2) is 0 Å². The molecule has 2 aliphatic rings. The Labute approximate surface area is 154 Å². The summed E-state index contributed by atoms with van der Waals surface area (Å²) in [6.07, 6.45) is 4.53. The number of aryl methyl sites for hydroxylation is 1. The van der Waals surface area contributed by atoms with Gasteiger partial charge in [-0.3, -0.25) is 9.59 Å². The van der Waals surface area contributed by atoms with Gasteiger partial charge in [-0.15, -0.1) is 0 Å². The van der Waals surface area contributed by atoms with Crippen LogP contribution in [0.15, 0.2) is 42.5 Å². The summed E-state index contributed by atoms with van der Waals surface area (Å²) in [5, 5.41) is 5.82. The summed E-state index contributed by atoms with van der Waals surface area (Å²) < 4.78 is 0. The second-order valence-corrected chi connectivity index (χ2v) is 7.29. The molecule has 1 aliphatic heterocycles. The molecule has 4 heteroatoms. The molecule has 0 radical (unpaired) electrons. The number of hydrogen-bond acceptors (Lipinski definition) is 2. The molecule has 1 atom stereocenters. The first-order chi connectivity index (χ1) is 12.7. The van der Waals surface area contributed by atoms with Gasteiger partial charge in [0.15, 0.2) is 0 Å². The second kappa shape index (κ2) is 7.32. The zero-order valence-corrected chi connectivity index (χ0v) is 14.9. The van der Waals surface area contributed by atoms with E-state index >= 15 is 0 Å². The SMILES string of the molecule is O=C1CCC(NC(=O)CCCc2ccc3c(c2)-c2ccccc2C3)CN1. The molecule has 2 aromatic rings. The van der Waals surface area contributed by atoms with Crippen molar-refractivity contribution in [2.75, 3.05) is 6.54 Å². The lowest BCUT2D eigenvalue weighted by atomic mass is 10.00. The Bertz CT molecular complexity index is 834. The fourth-order valence-electron chi connectivity index (χ4n) is 3.94.